The highest BCUT2D eigenvalue weighted by atomic mass is 16.6. The highest BCUT2D eigenvalue weighted by molar-refractivity contribution is 5.82. The van der Waals surface area contributed by atoms with E-state index in [1.54, 1.807) is 6.92 Å². The molecule has 0 aromatic heterocycles. The second-order valence-electron chi connectivity index (χ2n) is 2.82. The Morgan fingerprint density at radius 3 is 2.29 bits per heavy atom. The normalized spacial score (nSPS) is 10.8. The fourth-order valence-corrected chi connectivity index (χ4v) is 0.950. The molecule has 0 amide bonds. The summed E-state index contributed by atoms with van der Waals surface area (Å²) >= 11 is 0. The molecule has 0 saturated carbocycles. The molecule has 17 heavy (non-hydrogen) atoms. The van der Waals surface area contributed by atoms with E-state index in [0.29, 0.717) is 0 Å². The van der Waals surface area contributed by atoms with Crippen molar-refractivity contribution < 1.29 is 23.8 Å². The molecule has 1 atom stereocenters. The molecule has 0 spiro atoms. The summed E-state index contributed by atoms with van der Waals surface area (Å²) < 4.78 is 14.3. The van der Waals surface area contributed by atoms with Gasteiger partial charge in [-0.3, -0.25) is 4.79 Å². The smallest absolute Gasteiger partial charge is 0.336 e. The lowest BCUT2D eigenvalue weighted by molar-refractivity contribution is -0.162. The highest BCUT2D eigenvalue weighted by Gasteiger charge is 2.24. The van der Waals surface area contributed by atoms with Crippen LogP contribution in [0.25, 0.3) is 0 Å². The number of esters is 2. The van der Waals surface area contributed by atoms with Crippen LogP contribution in [0.15, 0.2) is 0 Å². The highest BCUT2D eigenvalue weighted by Crippen LogP contribution is 2.03. The van der Waals surface area contributed by atoms with E-state index in [1.165, 1.54) is 0 Å². The second-order valence-corrected chi connectivity index (χ2v) is 2.82. The molecule has 1 unspecified atom stereocenters. The Labute approximate surface area is 100 Å². The molecule has 0 aromatic rings. The van der Waals surface area contributed by atoms with Gasteiger partial charge >= 0.3 is 11.9 Å². The van der Waals surface area contributed by atoms with Crippen LogP contribution in [0.4, 0.5) is 0 Å². The first kappa shape index (κ1) is 15.0. The topological polar surface area (TPSA) is 61.8 Å². The van der Waals surface area contributed by atoms with Crippen LogP contribution < -0.4 is 0 Å². The van der Waals surface area contributed by atoms with Crippen LogP contribution in [0.1, 0.15) is 13.3 Å². The lowest BCUT2D eigenvalue weighted by Gasteiger charge is -2.13. The third kappa shape index (κ3) is 6.99. The number of carbonyl (C=O) groups excluding carboxylic acids is 2. The quantitative estimate of drug-likeness (QED) is 0.466. The van der Waals surface area contributed by atoms with Crippen LogP contribution in [-0.4, -0.2) is 37.9 Å². The Morgan fingerprint density at radius 1 is 1.18 bits per heavy atom. The Kier molecular flexibility index (Phi) is 8.18. The number of ether oxygens (including phenoxy) is 3. The van der Waals surface area contributed by atoms with Crippen molar-refractivity contribution >= 4 is 11.9 Å². The molecule has 0 fully saturated rings. The Morgan fingerprint density at radius 2 is 1.76 bits per heavy atom. The Bertz CT molecular complexity index is 334. The SMILES string of the molecule is C#CCOC(=O)CC(OCC)C(=O)OCC#C. The summed E-state index contributed by atoms with van der Waals surface area (Å²) in [5.41, 5.74) is 0. The molecule has 0 saturated heterocycles. The van der Waals surface area contributed by atoms with Crippen molar-refractivity contribution in [2.75, 3.05) is 19.8 Å². The molecule has 5 nitrogen and oxygen atoms in total. The van der Waals surface area contributed by atoms with Gasteiger partial charge in [0.2, 0.25) is 0 Å². The van der Waals surface area contributed by atoms with Crippen molar-refractivity contribution in [1.82, 2.24) is 0 Å². The Hall–Kier alpha value is -1.98. The van der Waals surface area contributed by atoms with Crippen molar-refractivity contribution in [3.05, 3.63) is 0 Å². The second kappa shape index (κ2) is 9.26. The van der Waals surface area contributed by atoms with Crippen LogP contribution in [0.3, 0.4) is 0 Å². The van der Waals surface area contributed by atoms with E-state index in [2.05, 4.69) is 21.3 Å². The largest absolute Gasteiger partial charge is 0.452 e. The molecule has 92 valence electrons. The molecule has 0 radical (unpaired) electrons. The van der Waals surface area contributed by atoms with Crippen molar-refractivity contribution in [2.45, 2.75) is 19.4 Å². The number of hydrogen-bond acceptors (Lipinski definition) is 5. The maximum atomic E-state index is 11.4. The van der Waals surface area contributed by atoms with Gasteiger partial charge in [-0.1, -0.05) is 11.8 Å². The van der Waals surface area contributed by atoms with Gasteiger partial charge in [-0.2, -0.15) is 0 Å². The van der Waals surface area contributed by atoms with E-state index >= 15 is 0 Å². The standard InChI is InChI=1S/C12H14O5/c1-4-7-16-11(13)9-10(15-6-3)12(14)17-8-5-2/h1-2,10H,6-9H2,3H3. The number of hydrogen-bond donors (Lipinski definition) is 0. The van der Waals surface area contributed by atoms with Gasteiger partial charge in [0.1, 0.15) is 0 Å². The predicted molar refractivity (Wildman–Crippen MR) is 59.6 cm³/mol. The molecular weight excluding hydrogens is 224 g/mol. The van der Waals surface area contributed by atoms with Gasteiger partial charge in [0.25, 0.3) is 0 Å². The van der Waals surface area contributed by atoms with Gasteiger partial charge in [0.05, 0.1) is 6.42 Å². The van der Waals surface area contributed by atoms with Gasteiger partial charge in [0, 0.05) is 6.61 Å². The van der Waals surface area contributed by atoms with Gasteiger partial charge in [-0.25, -0.2) is 4.79 Å². The van der Waals surface area contributed by atoms with Crippen molar-refractivity contribution in [3.63, 3.8) is 0 Å². The van der Waals surface area contributed by atoms with Crippen LogP contribution in [-0.2, 0) is 23.8 Å². The third-order valence-corrected chi connectivity index (χ3v) is 1.60. The fraction of sp³-hybridized carbons (Fsp3) is 0.500. The molecule has 0 bridgehead atoms. The van der Waals surface area contributed by atoms with E-state index in [9.17, 15) is 9.59 Å². The summed E-state index contributed by atoms with van der Waals surface area (Å²) in [6.07, 6.45) is 8.59. The zero-order chi connectivity index (χ0) is 13.1. The summed E-state index contributed by atoms with van der Waals surface area (Å²) in [4.78, 5) is 22.6. The molecule has 0 aliphatic carbocycles. The first-order chi connectivity index (χ1) is 8.15. The minimum atomic E-state index is -1.02. The average molecular weight is 238 g/mol. The molecule has 0 aromatic carbocycles. The summed E-state index contributed by atoms with van der Waals surface area (Å²) in [6.45, 7) is 1.64. The lowest BCUT2D eigenvalue weighted by atomic mass is 10.2. The summed E-state index contributed by atoms with van der Waals surface area (Å²) in [5, 5.41) is 0. The average Bonchev–Trinajstić information content (AvgIpc) is 2.32. The summed E-state index contributed by atoms with van der Waals surface area (Å²) in [5.74, 6) is 2.96. The lowest BCUT2D eigenvalue weighted by Crippen LogP contribution is -2.30. The zero-order valence-electron chi connectivity index (χ0n) is 9.60. The minimum absolute atomic E-state index is 0.142. The minimum Gasteiger partial charge on any atom is -0.452 e. The molecule has 0 aliphatic heterocycles. The van der Waals surface area contributed by atoms with Crippen molar-refractivity contribution in [3.8, 4) is 24.7 Å². The van der Waals surface area contributed by atoms with E-state index in [1.807, 2.05) is 0 Å². The van der Waals surface area contributed by atoms with Gasteiger partial charge < -0.3 is 14.2 Å². The van der Waals surface area contributed by atoms with Crippen molar-refractivity contribution in [2.24, 2.45) is 0 Å². The third-order valence-electron chi connectivity index (χ3n) is 1.60. The fourth-order valence-electron chi connectivity index (χ4n) is 0.950. The van der Waals surface area contributed by atoms with Crippen LogP contribution in [0.5, 0.6) is 0 Å². The van der Waals surface area contributed by atoms with Crippen LogP contribution in [0, 0.1) is 24.7 Å². The van der Waals surface area contributed by atoms with E-state index in [0.717, 1.165) is 0 Å². The van der Waals surface area contributed by atoms with Gasteiger partial charge in [0.15, 0.2) is 19.3 Å². The number of terminal acetylenes is 2. The molecule has 0 rings (SSSR count). The van der Waals surface area contributed by atoms with E-state index in [4.69, 9.17) is 17.6 Å². The van der Waals surface area contributed by atoms with Gasteiger partial charge in [-0.15, -0.1) is 12.8 Å². The van der Waals surface area contributed by atoms with Crippen LogP contribution in [0.2, 0.25) is 0 Å². The monoisotopic (exact) mass is 238 g/mol. The molecule has 0 aliphatic rings. The van der Waals surface area contributed by atoms with Crippen LogP contribution >= 0.6 is 0 Å². The van der Waals surface area contributed by atoms with E-state index in [-0.39, 0.29) is 26.2 Å². The predicted octanol–water partition coefficient (Wildman–Crippen LogP) is 0.134. The first-order valence-corrected chi connectivity index (χ1v) is 4.96. The molecular formula is C12H14O5. The summed E-state index contributed by atoms with van der Waals surface area (Å²) in [7, 11) is 0. The zero-order valence-corrected chi connectivity index (χ0v) is 9.60. The first-order valence-electron chi connectivity index (χ1n) is 4.96. The molecule has 0 heterocycles. The molecule has 0 N–H and O–H groups in total. The Balaban J connectivity index is 4.23. The maximum Gasteiger partial charge on any atom is 0.336 e. The maximum absolute atomic E-state index is 11.4. The number of rotatable bonds is 7. The number of carbonyl (C=O) groups is 2. The van der Waals surface area contributed by atoms with E-state index < -0.39 is 18.0 Å². The van der Waals surface area contributed by atoms with Crippen molar-refractivity contribution in [1.29, 1.82) is 0 Å². The molecule has 5 heteroatoms. The van der Waals surface area contributed by atoms with Gasteiger partial charge in [-0.05, 0) is 6.92 Å². The summed E-state index contributed by atoms with van der Waals surface area (Å²) in [6, 6.07) is 0.